The van der Waals surface area contributed by atoms with Gasteiger partial charge in [-0.1, -0.05) is 12.1 Å². The fourth-order valence-corrected chi connectivity index (χ4v) is 3.18. The van der Waals surface area contributed by atoms with E-state index in [1.165, 1.54) is 11.3 Å². The molecular formula is C19H22N4O. The minimum Gasteiger partial charge on any atom is -0.378 e. The van der Waals surface area contributed by atoms with Crippen molar-refractivity contribution in [2.24, 2.45) is 0 Å². The number of aryl methyl sites for hydroxylation is 2. The largest absolute Gasteiger partial charge is 0.378 e. The predicted molar refractivity (Wildman–Crippen MR) is 96.4 cm³/mol. The first-order chi connectivity index (χ1) is 11.7. The second-order valence-electron chi connectivity index (χ2n) is 6.19. The molecule has 0 amide bonds. The first kappa shape index (κ1) is 15.1. The number of aromatic nitrogens is 3. The lowest BCUT2D eigenvalue weighted by Gasteiger charge is -2.28. The van der Waals surface area contributed by atoms with Gasteiger partial charge in [-0.3, -0.25) is 4.68 Å². The van der Waals surface area contributed by atoms with Gasteiger partial charge in [0.15, 0.2) is 5.65 Å². The van der Waals surface area contributed by atoms with Gasteiger partial charge in [0.05, 0.1) is 18.9 Å². The monoisotopic (exact) mass is 322 g/mol. The van der Waals surface area contributed by atoms with E-state index in [0.717, 1.165) is 55.1 Å². The molecule has 1 aromatic carbocycles. The van der Waals surface area contributed by atoms with E-state index in [0.29, 0.717) is 0 Å². The number of morpholine rings is 1. The van der Waals surface area contributed by atoms with Gasteiger partial charge in [0.25, 0.3) is 0 Å². The molecule has 1 aliphatic heterocycles. The Morgan fingerprint density at radius 2 is 1.88 bits per heavy atom. The number of anilines is 1. The van der Waals surface area contributed by atoms with E-state index in [9.17, 15) is 0 Å². The van der Waals surface area contributed by atoms with Gasteiger partial charge < -0.3 is 9.64 Å². The third-order valence-electron chi connectivity index (χ3n) is 4.61. The van der Waals surface area contributed by atoms with Gasteiger partial charge in [0, 0.05) is 42.5 Å². The minimum absolute atomic E-state index is 0.805. The van der Waals surface area contributed by atoms with Crippen molar-refractivity contribution >= 4 is 16.7 Å². The molecule has 0 N–H and O–H groups in total. The van der Waals surface area contributed by atoms with E-state index < -0.39 is 0 Å². The van der Waals surface area contributed by atoms with Gasteiger partial charge in [-0.25, -0.2) is 4.98 Å². The van der Waals surface area contributed by atoms with Crippen LogP contribution in [-0.2, 0) is 11.3 Å². The minimum atomic E-state index is 0.805. The van der Waals surface area contributed by atoms with Crippen molar-refractivity contribution in [3.63, 3.8) is 0 Å². The molecule has 5 nitrogen and oxygen atoms in total. The standard InChI is InChI=1S/C19H22N4O/c1-3-23-13-17-14(2)12-18(20-19(17)21-23)15-4-6-16(7-5-15)22-8-10-24-11-9-22/h4-7,12-13H,3,8-11H2,1-2H3. The Morgan fingerprint density at radius 1 is 1.12 bits per heavy atom. The van der Waals surface area contributed by atoms with Crippen LogP contribution in [0.1, 0.15) is 12.5 Å². The summed E-state index contributed by atoms with van der Waals surface area (Å²) in [6.07, 6.45) is 2.07. The molecule has 124 valence electrons. The van der Waals surface area contributed by atoms with Crippen LogP contribution in [0.2, 0.25) is 0 Å². The van der Waals surface area contributed by atoms with Crippen LogP contribution in [0.15, 0.2) is 36.5 Å². The smallest absolute Gasteiger partial charge is 0.181 e. The zero-order valence-electron chi connectivity index (χ0n) is 14.2. The van der Waals surface area contributed by atoms with E-state index in [2.05, 4.69) is 60.4 Å². The van der Waals surface area contributed by atoms with Crippen molar-refractivity contribution in [2.75, 3.05) is 31.2 Å². The molecule has 2 aromatic heterocycles. The number of nitrogens with zero attached hydrogens (tertiary/aromatic N) is 4. The summed E-state index contributed by atoms with van der Waals surface area (Å²) < 4.78 is 7.36. The average Bonchev–Trinajstić information content (AvgIpc) is 3.06. The molecule has 0 spiro atoms. The van der Waals surface area contributed by atoms with Gasteiger partial charge in [0.2, 0.25) is 0 Å². The molecule has 0 unspecified atom stereocenters. The summed E-state index contributed by atoms with van der Waals surface area (Å²) in [4.78, 5) is 7.11. The van der Waals surface area contributed by atoms with Gasteiger partial charge in [-0.05, 0) is 37.6 Å². The van der Waals surface area contributed by atoms with E-state index in [-0.39, 0.29) is 0 Å². The summed E-state index contributed by atoms with van der Waals surface area (Å²) >= 11 is 0. The Hall–Kier alpha value is -2.40. The molecule has 0 atom stereocenters. The molecule has 0 saturated carbocycles. The Kier molecular flexibility index (Phi) is 3.94. The third-order valence-corrected chi connectivity index (χ3v) is 4.61. The maximum atomic E-state index is 5.42. The van der Waals surface area contributed by atoms with E-state index in [1.54, 1.807) is 0 Å². The lowest BCUT2D eigenvalue weighted by atomic mass is 10.1. The molecule has 1 fully saturated rings. The first-order valence-electron chi connectivity index (χ1n) is 8.52. The van der Waals surface area contributed by atoms with Gasteiger partial charge >= 0.3 is 0 Å². The zero-order chi connectivity index (χ0) is 16.5. The first-order valence-corrected chi connectivity index (χ1v) is 8.52. The number of hydrogen-bond acceptors (Lipinski definition) is 4. The van der Waals surface area contributed by atoms with Crippen molar-refractivity contribution in [3.8, 4) is 11.3 Å². The SMILES string of the molecule is CCn1cc2c(C)cc(-c3ccc(N4CCOCC4)cc3)nc2n1. The van der Waals surface area contributed by atoms with Gasteiger partial charge in [-0.15, -0.1) is 0 Å². The molecule has 1 aliphatic rings. The lowest BCUT2D eigenvalue weighted by Crippen LogP contribution is -2.36. The summed E-state index contributed by atoms with van der Waals surface area (Å²) in [7, 11) is 0. The van der Waals surface area contributed by atoms with Crippen LogP contribution in [-0.4, -0.2) is 41.1 Å². The molecule has 5 heteroatoms. The van der Waals surface area contributed by atoms with Gasteiger partial charge in [-0.2, -0.15) is 5.10 Å². The van der Waals surface area contributed by atoms with Crippen LogP contribution >= 0.6 is 0 Å². The fourth-order valence-electron chi connectivity index (χ4n) is 3.18. The summed E-state index contributed by atoms with van der Waals surface area (Å²) in [5.41, 5.74) is 5.39. The molecular weight excluding hydrogens is 300 g/mol. The number of pyridine rings is 1. The van der Waals surface area contributed by atoms with Gasteiger partial charge in [0.1, 0.15) is 0 Å². The van der Waals surface area contributed by atoms with Crippen molar-refractivity contribution in [3.05, 3.63) is 42.1 Å². The second-order valence-corrected chi connectivity index (χ2v) is 6.19. The molecule has 3 heterocycles. The molecule has 4 rings (SSSR count). The number of rotatable bonds is 3. The molecule has 0 aliphatic carbocycles. The van der Waals surface area contributed by atoms with Crippen molar-refractivity contribution in [1.29, 1.82) is 0 Å². The average molecular weight is 322 g/mol. The predicted octanol–water partition coefficient (Wildman–Crippen LogP) is 3.26. The highest BCUT2D eigenvalue weighted by Gasteiger charge is 2.12. The number of fused-ring (bicyclic) bond motifs is 1. The summed E-state index contributed by atoms with van der Waals surface area (Å²) in [6.45, 7) is 8.59. The Labute approximate surface area is 141 Å². The highest BCUT2D eigenvalue weighted by Crippen LogP contribution is 2.26. The van der Waals surface area contributed by atoms with E-state index in [4.69, 9.17) is 9.72 Å². The summed E-state index contributed by atoms with van der Waals surface area (Å²) in [6, 6.07) is 10.8. The third kappa shape index (κ3) is 2.76. The number of benzene rings is 1. The molecule has 3 aromatic rings. The summed E-state index contributed by atoms with van der Waals surface area (Å²) in [5, 5.41) is 5.68. The normalized spacial score (nSPS) is 15.2. The molecule has 24 heavy (non-hydrogen) atoms. The maximum Gasteiger partial charge on any atom is 0.181 e. The number of ether oxygens (including phenoxy) is 1. The molecule has 1 saturated heterocycles. The maximum absolute atomic E-state index is 5.42. The highest BCUT2D eigenvalue weighted by molar-refractivity contribution is 5.81. The van der Waals surface area contributed by atoms with Crippen molar-refractivity contribution in [2.45, 2.75) is 20.4 Å². The van der Waals surface area contributed by atoms with Crippen molar-refractivity contribution < 1.29 is 4.74 Å². The van der Waals surface area contributed by atoms with Crippen LogP contribution < -0.4 is 4.90 Å². The van der Waals surface area contributed by atoms with E-state index >= 15 is 0 Å². The van der Waals surface area contributed by atoms with Crippen molar-refractivity contribution in [1.82, 2.24) is 14.8 Å². The van der Waals surface area contributed by atoms with Crippen LogP contribution in [0.25, 0.3) is 22.3 Å². The Balaban J connectivity index is 1.66. The molecule has 0 bridgehead atoms. The number of hydrogen-bond donors (Lipinski definition) is 0. The van der Waals surface area contributed by atoms with Crippen LogP contribution in [0.3, 0.4) is 0 Å². The van der Waals surface area contributed by atoms with E-state index in [1.807, 2.05) is 4.68 Å². The van der Waals surface area contributed by atoms with Crippen LogP contribution in [0.4, 0.5) is 5.69 Å². The second kappa shape index (κ2) is 6.24. The summed E-state index contributed by atoms with van der Waals surface area (Å²) in [5.74, 6) is 0. The molecule has 0 radical (unpaired) electrons. The van der Waals surface area contributed by atoms with Crippen LogP contribution in [0.5, 0.6) is 0 Å². The lowest BCUT2D eigenvalue weighted by molar-refractivity contribution is 0.122. The highest BCUT2D eigenvalue weighted by atomic mass is 16.5. The van der Waals surface area contributed by atoms with Crippen LogP contribution in [0, 0.1) is 6.92 Å². The zero-order valence-corrected chi connectivity index (χ0v) is 14.2. The quantitative estimate of drug-likeness (QED) is 0.742. The Bertz CT molecular complexity index is 848. The topological polar surface area (TPSA) is 43.2 Å². The Morgan fingerprint density at radius 3 is 2.58 bits per heavy atom. The fraction of sp³-hybridized carbons (Fsp3) is 0.368.